The van der Waals surface area contributed by atoms with Gasteiger partial charge in [-0.3, -0.25) is 0 Å². The van der Waals surface area contributed by atoms with E-state index in [1.165, 1.54) is 0 Å². The fourth-order valence-electron chi connectivity index (χ4n) is 1.34. The van der Waals surface area contributed by atoms with Gasteiger partial charge in [-0.1, -0.05) is 42.5 Å². The summed E-state index contributed by atoms with van der Waals surface area (Å²) in [6, 6.07) is 10.0. The molecule has 0 saturated carbocycles. The molecule has 0 spiro atoms. The number of hydrogen-bond acceptors (Lipinski definition) is 2. The van der Waals surface area contributed by atoms with Gasteiger partial charge < -0.3 is 9.64 Å². The highest BCUT2D eigenvalue weighted by Crippen LogP contribution is 2.09. The summed E-state index contributed by atoms with van der Waals surface area (Å²) in [4.78, 5) is 2.96. The third-order valence-corrected chi connectivity index (χ3v) is 2.55. The van der Waals surface area contributed by atoms with Gasteiger partial charge in [-0.25, -0.2) is 0 Å². The zero-order chi connectivity index (χ0) is 9.10. The average Bonchev–Trinajstić information content (AvgIpc) is 2.71. The molecule has 2 nitrogen and oxygen atoms in total. The molecule has 0 radical (unpaired) electrons. The SMILES string of the molecule is S=C(c1ccccc1)N1CCOC1. The number of nitrogens with zero attached hydrogens (tertiary/aromatic N) is 1. The van der Waals surface area contributed by atoms with Crippen molar-refractivity contribution in [3.8, 4) is 0 Å². The molecule has 0 aliphatic carbocycles. The van der Waals surface area contributed by atoms with Crippen molar-refractivity contribution < 1.29 is 4.74 Å². The van der Waals surface area contributed by atoms with E-state index in [4.69, 9.17) is 17.0 Å². The second-order valence-electron chi connectivity index (χ2n) is 2.97. The smallest absolute Gasteiger partial charge is 0.119 e. The van der Waals surface area contributed by atoms with Crippen molar-refractivity contribution >= 4 is 17.2 Å². The van der Waals surface area contributed by atoms with Crippen LogP contribution in [-0.4, -0.2) is 29.8 Å². The zero-order valence-corrected chi connectivity index (χ0v) is 8.09. The van der Waals surface area contributed by atoms with Gasteiger partial charge in [0.25, 0.3) is 0 Å². The summed E-state index contributed by atoms with van der Waals surface area (Å²) in [7, 11) is 0. The normalized spacial score (nSPS) is 16.2. The van der Waals surface area contributed by atoms with Crippen molar-refractivity contribution in [3.63, 3.8) is 0 Å². The lowest BCUT2D eigenvalue weighted by Crippen LogP contribution is -2.27. The molecule has 1 aliphatic rings. The van der Waals surface area contributed by atoms with Crippen molar-refractivity contribution in [2.24, 2.45) is 0 Å². The molecule has 3 heteroatoms. The van der Waals surface area contributed by atoms with E-state index < -0.39 is 0 Å². The highest BCUT2D eigenvalue weighted by molar-refractivity contribution is 7.80. The third kappa shape index (κ3) is 1.87. The van der Waals surface area contributed by atoms with Crippen LogP contribution in [-0.2, 0) is 4.74 Å². The Morgan fingerprint density at radius 1 is 1.31 bits per heavy atom. The summed E-state index contributed by atoms with van der Waals surface area (Å²) in [6.07, 6.45) is 0. The first kappa shape index (κ1) is 8.66. The first-order valence-corrected chi connectivity index (χ1v) is 4.71. The minimum atomic E-state index is 0.633. The molecule has 0 N–H and O–H groups in total. The van der Waals surface area contributed by atoms with Crippen molar-refractivity contribution in [1.29, 1.82) is 0 Å². The Kier molecular flexibility index (Phi) is 2.57. The van der Waals surface area contributed by atoms with Gasteiger partial charge >= 0.3 is 0 Å². The van der Waals surface area contributed by atoms with Gasteiger partial charge in [-0.05, 0) is 0 Å². The third-order valence-electron chi connectivity index (χ3n) is 2.06. The lowest BCUT2D eigenvalue weighted by Gasteiger charge is -2.16. The van der Waals surface area contributed by atoms with E-state index in [-0.39, 0.29) is 0 Å². The van der Waals surface area contributed by atoms with Crippen molar-refractivity contribution in [2.75, 3.05) is 19.9 Å². The predicted octanol–water partition coefficient (Wildman–Crippen LogP) is 1.65. The van der Waals surface area contributed by atoms with Crippen LogP contribution in [0.25, 0.3) is 0 Å². The number of thiocarbonyl (C=S) groups is 1. The monoisotopic (exact) mass is 193 g/mol. The van der Waals surface area contributed by atoms with Crippen molar-refractivity contribution in [2.45, 2.75) is 0 Å². The summed E-state index contributed by atoms with van der Waals surface area (Å²) in [6.45, 7) is 2.33. The molecular weight excluding hydrogens is 182 g/mol. The van der Waals surface area contributed by atoms with E-state index in [1.54, 1.807) is 0 Å². The Labute approximate surface area is 83.1 Å². The summed E-state index contributed by atoms with van der Waals surface area (Å²) >= 11 is 5.33. The van der Waals surface area contributed by atoms with E-state index in [0.717, 1.165) is 23.7 Å². The van der Waals surface area contributed by atoms with Crippen LogP contribution in [0.4, 0.5) is 0 Å². The fourth-order valence-corrected chi connectivity index (χ4v) is 1.62. The molecule has 1 fully saturated rings. The molecule has 13 heavy (non-hydrogen) atoms. The van der Waals surface area contributed by atoms with Crippen LogP contribution in [0.3, 0.4) is 0 Å². The second kappa shape index (κ2) is 3.85. The van der Waals surface area contributed by atoms with Crippen LogP contribution < -0.4 is 0 Å². The van der Waals surface area contributed by atoms with Crippen LogP contribution in [0.5, 0.6) is 0 Å². The van der Waals surface area contributed by atoms with E-state index in [9.17, 15) is 0 Å². The summed E-state index contributed by atoms with van der Waals surface area (Å²) < 4.78 is 5.24. The quantitative estimate of drug-likeness (QED) is 0.629. The highest BCUT2D eigenvalue weighted by atomic mass is 32.1. The van der Waals surface area contributed by atoms with Crippen LogP contribution in [0, 0.1) is 0 Å². The second-order valence-corrected chi connectivity index (χ2v) is 3.36. The predicted molar refractivity (Wildman–Crippen MR) is 55.7 cm³/mol. The lowest BCUT2D eigenvalue weighted by molar-refractivity contribution is 0.170. The van der Waals surface area contributed by atoms with Gasteiger partial charge in [-0.2, -0.15) is 0 Å². The number of ether oxygens (including phenoxy) is 1. The van der Waals surface area contributed by atoms with Gasteiger partial charge in [0.2, 0.25) is 0 Å². The summed E-state index contributed by atoms with van der Waals surface area (Å²) in [5.41, 5.74) is 1.10. The standard InChI is InChI=1S/C10H11NOS/c13-10(11-6-7-12-8-11)9-4-2-1-3-5-9/h1-5H,6-8H2. The zero-order valence-electron chi connectivity index (χ0n) is 7.27. The number of rotatable bonds is 1. The fraction of sp³-hybridized carbons (Fsp3) is 0.300. The number of benzene rings is 1. The van der Waals surface area contributed by atoms with E-state index in [1.807, 2.05) is 30.3 Å². The first-order valence-electron chi connectivity index (χ1n) is 4.30. The maximum atomic E-state index is 5.33. The van der Waals surface area contributed by atoms with Gasteiger partial charge in [0.1, 0.15) is 11.7 Å². The molecule has 1 aromatic rings. The molecule has 1 saturated heterocycles. The van der Waals surface area contributed by atoms with Crippen molar-refractivity contribution in [3.05, 3.63) is 35.9 Å². The van der Waals surface area contributed by atoms with E-state index in [0.29, 0.717) is 6.73 Å². The highest BCUT2D eigenvalue weighted by Gasteiger charge is 2.15. The Balaban J connectivity index is 2.13. The van der Waals surface area contributed by atoms with Crippen LogP contribution in [0.15, 0.2) is 30.3 Å². The maximum Gasteiger partial charge on any atom is 0.119 e. The number of hydrogen-bond donors (Lipinski definition) is 0. The molecule has 1 aliphatic heterocycles. The molecule has 0 aromatic heterocycles. The van der Waals surface area contributed by atoms with Gasteiger partial charge in [0.05, 0.1) is 6.61 Å². The molecule has 1 heterocycles. The Bertz CT molecular complexity index is 293. The molecule has 0 unspecified atom stereocenters. The molecule has 2 rings (SSSR count). The Hall–Kier alpha value is -0.930. The van der Waals surface area contributed by atoms with Crippen LogP contribution in [0.1, 0.15) is 5.56 Å². The van der Waals surface area contributed by atoms with Gasteiger partial charge in [-0.15, -0.1) is 0 Å². The molecule has 0 bridgehead atoms. The van der Waals surface area contributed by atoms with Crippen LogP contribution >= 0.6 is 12.2 Å². The average molecular weight is 193 g/mol. The minimum absolute atomic E-state index is 0.633. The van der Waals surface area contributed by atoms with Crippen LogP contribution in [0.2, 0.25) is 0 Å². The summed E-state index contributed by atoms with van der Waals surface area (Å²) in [5.74, 6) is 0. The van der Waals surface area contributed by atoms with Gasteiger partial charge in [0.15, 0.2) is 0 Å². The molecular formula is C10H11NOS. The largest absolute Gasteiger partial charge is 0.359 e. The molecule has 1 aromatic carbocycles. The van der Waals surface area contributed by atoms with Crippen molar-refractivity contribution in [1.82, 2.24) is 4.90 Å². The van der Waals surface area contributed by atoms with E-state index >= 15 is 0 Å². The Morgan fingerprint density at radius 3 is 2.69 bits per heavy atom. The molecule has 0 atom stereocenters. The van der Waals surface area contributed by atoms with E-state index in [2.05, 4.69) is 4.90 Å². The molecule has 0 amide bonds. The first-order chi connectivity index (χ1) is 6.38. The Morgan fingerprint density at radius 2 is 2.08 bits per heavy atom. The molecule has 68 valence electrons. The maximum absolute atomic E-state index is 5.33. The topological polar surface area (TPSA) is 12.5 Å². The lowest BCUT2D eigenvalue weighted by atomic mass is 10.2. The van der Waals surface area contributed by atoms with Gasteiger partial charge in [0, 0.05) is 12.1 Å². The minimum Gasteiger partial charge on any atom is -0.359 e. The summed E-state index contributed by atoms with van der Waals surface area (Å²) in [5, 5.41) is 0.